The van der Waals surface area contributed by atoms with Crippen LogP contribution in [0.2, 0.25) is 0 Å². The molecule has 0 radical (unpaired) electrons. The van der Waals surface area contributed by atoms with Gasteiger partial charge in [-0.3, -0.25) is 0 Å². The van der Waals surface area contributed by atoms with E-state index in [2.05, 4.69) is 17.0 Å². The van der Waals surface area contributed by atoms with Gasteiger partial charge in [0.1, 0.15) is 4.90 Å². The third-order valence-corrected chi connectivity index (χ3v) is 7.55. The summed E-state index contributed by atoms with van der Waals surface area (Å²) < 4.78 is 28.3. The van der Waals surface area contributed by atoms with Gasteiger partial charge in [-0.2, -0.15) is 11.8 Å². The average Bonchev–Trinajstić information content (AvgIpc) is 2.82. The van der Waals surface area contributed by atoms with Crippen LogP contribution < -0.4 is 10.0 Å². The van der Waals surface area contributed by atoms with Crippen LogP contribution in [0.3, 0.4) is 0 Å². The van der Waals surface area contributed by atoms with E-state index in [1.165, 1.54) is 11.3 Å². The first-order chi connectivity index (χ1) is 10.0. The van der Waals surface area contributed by atoms with Crippen molar-refractivity contribution in [3.63, 3.8) is 0 Å². The molecule has 0 aliphatic carbocycles. The third kappa shape index (κ3) is 4.69. The van der Waals surface area contributed by atoms with E-state index in [0.717, 1.165) is 47.8 Å². The first-order valence-corrected chi connectivity index (χ1v) is 10.9. The van der Waals surface area contributed by atoms with Crippen LogP contribution in [-0.2, 0) is 16.6 Å². The van der Waals surface area contributed by atoms with Gasteiger partial charge >= 0.3 is 0 Å². The lowest BCUT2D eigenvalue weighted by atomic mass is 10.2. The van der Waals surface area contributed by atoms with Crippen LogP contribution >= 0.6 is 23.1 Å². The van der Waals surface area contributed by atoms with Gasteiger partial charge in [0.2, 0.25) is 10.0 Å². The van der Waals surface area contributed by atoms with Gasteiger partial charge < -0.3 is 5.32 Å². The minimum atomic E-state index is -3.40. The normalized spacial score (nSPS) is 17.2. The number of thioether (sulfide) groups is 1. The second-order valence-electron chi connectivity index (χ2n) is 5.36. The summed E-state index contributed by atoms with van der Waals surface area (Å²) in [4.78, 5) is 1.41. The van der Waals surface area contributed by atoms with Crippen LogP contribution in [0.1, 0.15) is 36.6 Å². The van der Waals surface area contributed by atoms with Crippen LogP contribution in [0, 0.1) is 6.92 Å². The highest BCUT2D eigenvalue weighted by molar-refractivity contribution is 7.99. The zero-order valence-corrected chi connectivity index (χ0v) is 15.1. The van der Waals surface area contributed by atoms with Crippen LogP contribution in [-0.4, -0.2) is 32.5 Å². The number of sulfonamides is 1. The van der Waals surface area contributed by atoms with Gasteiger partial charge in [-0.25, -0.2) is 13.1 Å². The van der Waals surface area contributed by atoms with Crippen molar-refractivity contribution in [3.05, 3.63) is 15.8 Å². The van der Waals surface area contributed by atoms with Gasteiger partial charge in [-0.1, -0.05) is 6.92 Å². The predicted molar refractivity (Wildman–Crippen MR) is 91.7 cm³/mol. The zero-order chi connectivity index (χ0) is 15.3. The molecule has 4 nitrogen and oxygen atoms in total. The Kier molecular flexibility index (Phi) is 6.55. The van der Waals surface area contributed by atoms with Gasteiger partial charge in [0.05, 0.1) is 0 Å². The van der Waals surface area contributed by atoms with Gasteiger partial charge in [0.25, 0.3) is 0 Å². The predicted octanol–water partition coefficient (Wildman–Crippen LogP) is 2.73. The maximum atomic E-state index is 12.7. The molecule has 1 aromatic rings. The van der Waals surface area contributed by atoms with Crippen molar-refractivity contribution in [2.24, 2.45) is 0 Å². The number of aryl methyl sites for hydroxylation is 1. The fraction of sp³-hybridized carbons (Fsp3) is 0.714. The molecule has 2 N–H and O–H groups in total. The summed E-state index contributed by atoms with van der Waals surface area (Å²) in [6.07, 6.45) is 2.90. The fourth-order valence-electron chi connectivity index (χ4n) is 2.44. The zero-order valence-electron chi connectivity index (χ0n) is 12.6. The molecule has 2 rings (SSSR count). The van der Waals surface area contributed by atoms with E-state index in [-0.39, 0.29) is 6.04 Å². The Morgan fingerprint density at radius 2 is 2.05 bits per heavy atom. The highest BCUT2D eigenvalue weighted by Crippen LogP contribution is 2.28. The molecule has 0 amide bonds. The lowest BCUT2D eigenvalue weighted by Gasteiger charge is -2.22. The Labute approximate surface area is 136 Å². The van der Waals surface area contributed by atoms with Crippen molar-refractivity contribution in [2.75, 3.05) is 18.1 Å². The highest BCUT2D eigenvalue weighted by atomic mass is 32.2. The molecule has 1 fully saturated rings. The van der Waals surface area contributed by atoms with E-state index >= 15 is 0 Å². The van der Waals surface area contributed by atoms with E-state index in [4.69, 9.17) is 0 Å². The molecule has 0 atom stereocenters. The van der Waals surface area contributed by atoms with E-state index in [1.54, 1.807) is 0 Å². The second-order valence-corrected chi connectivity index (χ2v) is 9.20. The van der Waals surface area contributed by atoms with Crippen molar-refractivity contribution >= 4 is 33.1 Å². The monoisotopic (exact) mass is 348 g/mol. The van der Waals surface area contributed by atoms with Gasteiger partial charge in [0, 0.05) is 17.5 Å². The van der Waals surface area contributed by atoms with Crippen LogP contribution in [0.25, 0.3) is 0 Å². The van der Waals surface area contributed by atoms with E-state index in [0.29, 0.717) is 11.4 Å². The molecular formula is C14H24N2O2S3. The Morgan fingerprint density at radius 3 is 2.71 bits per heavy atom. The minimum Gasteiger partial charge on any atom is -0.312 e. The summed E-state index contributed by atoms with van der Waals surface area (Å²) in [7, 11) is -3.40. The molecule has 1 aliphatic heterocycles. The number of hydrogen-bond donors (Lipinski definition) is 2. The first-order valence-electron chi connectivity index (χ1n) is 7.42. The van der Waals surface area contributed by atoms with Gasteiger partial charge in [-0.05, 0) is 55.2 Å². The summed E-state index contributed by atoms with van der Waals surface area (Å²) in [5.41, 5.74) is 0.853. The van der Waals surface area contributed by atoms with E-state index in [1.807, 2.05) is 24.1 Å². The third-order valence-electron chi connectivity index (χ3n) is 3.51. The first kappa shape index (κ1) is 17.3. The molecule has 1 aromatic heterocycles. The molecule has 2 heterocycles. The standard InChI is InChI=1S/C14H24N2O2S3/c1-3-6-15-9-13-14(11(2)10-20-13)21(17,18)16-12-4-7-19-8-5-12/h10,12,15-16H,3-9H2,1-2H3. The van der Waals surface area contributed by atoms with Gasteiger partial charge in [0.15, 0.2) is 0 Å². The summed E-state index contributed by atoms with van der Waals surface area (Å²) >= 11 is 3.43. The molecule has 0 spiro atoms. The Morgan fingerprint density at radius 1 is 1.33 bits per heavy atom. The van der Waals surface area contributed by atoms with Crippen molar-refractivity contribution in [2.45, 2.75) is 50.6 Å². The lowest BCUT2D eigenvalue weighted by molar-refractivity contribution is 0.527. The molecule has 1 aliphatic rings. The van der Waals surface area contributed by atoms with Crippen LogP contribution in [0.4, 0.5) is 0 Å². The topological polar surface area (TPSA) is 58.2 Å². The summed E-state index contributed by atoms with van der Waals surface area (Å²) in [5.74, 6) is 2.08. The minimum absolute atomic E-state index is 0.0898. The molecule has 0 bridgehead atoms. The molecule has 0 aromatic carbocycles. The smallest absolute Gasteiger partial charge is 0.242 e. The highest BCUT2D eigenvalue weighted by Gasteiger charge is 2.26. The average molecular weight is 349 g/mol. The molecule has 0 saturated carbocycles. The Bertz CT molecular complexity index is 549. The lowest BCUT2D eigenvalue weighted by Crippen LogP contribution is -2.37. The number of thiophene rings is 1. The van der Waals surface area contributed by atoms with E-state index in [9.17, 15) is 8.42 Å². The van der Waals surface area contributed by atoms with E-state index < -0.39 is 10.0 Å². The quantitative estimate of drug-likeness (QED) is 0.744. The van der Waals surface area contributed by atoms with Crippen molar-refractivity contribution in [1.82, 2.24) is 10.0 Å². The molecule has 7 heteroatoms. The van der Waals surface area contributed by atoms with Gasteiger partial charge in [-0.15, -0.1) is 11.3 Å². The SMILES string of the molecule is CCCNCc1scc(C)c1S(=O)(=O)NC1CCSCC1. The largest absolute Gasteiger partial charge is 0.312 e. The molecule has 120 valence electrons. The molecule has 21 heavy (non-hydrogen) atoms. The van der Waals surface area contributed by atoms with Crippen molar-refractivity contribution < 1.29 is 8.42 Å². The van der Waals surface area contributed by atoms with Crippen LogP contribution in [0.5, 0.6) is 0 Å². The summed E-state index contributed by atoms with van der Waals surface area (Å²) in [6, 6.07) is 0.0898. The fourth-order valence-corrected chi connectivity index (χ4v) is 6.63. The summed E-state index contributed by atoms with van der Waals surface area (Å²) in [5, 5.41) is 5.23. The molecule has 0 unspecified atom stereocenters. The van der Waals surface area contributed by atoms with Crippen molar-refractivity contribution in [1.29, 1.82) is 0 Å². The maximum Gasteiger partial charge on any atom is 0.242 e. The number of hydrogen-bond acceptors (Lipinski definition) is 5. The van der Waals surface area contributed by atoms with Crippen LogP contribution in [0.15, 0.2) is 10.3 Å². The number of rotatable bonds is 7. The number of nitrogens with one attached hydrogen (secondary N) is 2. The Balaban J connectivity index is 2.12. The second kappa shape index (κ2) is 7.97. The Hall–Kier alpha value is -0.0800. The molecule has 1 saturated heterocycles. The summed E-state index contributed by atoms with van der Waals surface area (Å²) in [6.45, 7) is 5.52. The maximum absolute atomic E-state index is 12.7. The van der Waals surface area contributed by atoms with Crippen molar-refractivity contribution in [3.8, 4) is 0 Å². The molecular weight excluding hydrogens is 324 g/mol.